The molecule has 3 amide bonds. The van der Waals surface area contributed by atoms with E-state index in [1.807, 2.05) is 12.1 Å². The SMILES string of the molecule is CCNC(=O)NC(=O)[C@H](OC(=O)c1oc2ccccc2c1C)c1ccccc1. The first-order valence-corrected chi connectivity index (χ1v) is 8.84. The van der Waals surface area contributed by atoms with Gasteiger partial charge in [0.1, 0.15) is 5.58 Å². The highest BCUT2D eigenvalue weighted by Crippen LogP contribution is 2.27. The third-order valence-corrected chi connectivity index (χ3v) is 4.17. The first-order chi connectivity index (χ1) is 13.5. The molecule has 28 heavy (non-hydrogen) atoms. The van der Waals surface area contributed by atoms with E-state index in [0.717, 1.165) is 5.39 Å². The maximum Gasteiger partial charge on any atom is 0.375 e. The van der Waals surface area contributed by atoms with Crippen molar-refractivity contribution in [2.24, 2.45) is 0 Å². The predicted octanol–water partition coefficient (Wildman–Crippen LogP) is 3.49. The minimum atomic E-state index is -1.30. The van der Waals surface area contributed by atoms with Gasteiger partial charge in [0.15, 0.2) is 0 Å². The summed E-state index contributed by atoms with van der Waals surface area (Å²) in [5.41, 5.74) is 1.61. The molecule has 0 spiro atoms. The molecule has 0 bridgehead atoms. The average Bonchev–Trinajstić information content (AvgIpc) is 3.04. The van der Waals surface area contributed by atoms with Gasteiger partial charge in [0.25, 0.3) is 5.91 Å². The summed E-state index contributed by atoms with van der Waals surface area (Å²) in [6.45, 7) is 3.82. The Hall–Kier alpha value is -3.61. The number of fused-ring (bicyclic) bond motifs is 1. The van der Waals surface area contributed by atoms with E-state index in [-0.39, 0.29) is 5.76 Å². The summed E-state index contributed by atoms with van der Waals surface area (Å²) in [5.74, 6) is -1.51. The molecule has 7 nitrogen and oxygen atoms in total. The van der Waals surface area contributed by atoms with Crippen LogP contribution < -0.4 is 10.6 Å². The fraction of sp³-hybridized carbons (Fsp3) is 0.190. The van der Waals surface area contributed by atoms with Crippen LogP contribution in [0.2, 0.25) is 0 Å². The molecule has 0 aliphatic carbocycles. The van der Waals surface area contributed by atoms with Gasteiger partial charge in [-0.1, -0.05) is 48.5 Å². The Morgan fingerprint density at radius 1 is 1.04 bits per heavy atom. The van der Waals surface area contributed by atoms with Crippen molar-refractivity contribution in [3.63, 3.8) is 0 Å². The zero-order valence-electron chi connectivity index (χ0n) is 15.5. The van der Waals surface area contributed by atoms with Crippen LogP contribution in [-0.4, -0.2) is 24.5 Å². The van der Waals surface area contributed by atoms with Gasteiger partial charge in [0.2, 0.25) is 11.9 Å². The van der Waals surface area contributed by atoms with Crippen molar-refractivity contribution in [1.82, 2.24) is 10.6 Å². The summed E-state index contributed by atoms with van der Waals surface area (Å²) in [7, 11) is 0. The molecule has 0 saturated heterocycles. The molecule has 144 valence electrons. The second-order valence-electron chi connectivity index (χ2n) is 6.10. The van der Waals surface area contributed by atoms with E-state index in [0.29, 0.717) is 23.3 Å². The topological polar surface area (TPSA) is 97.6 Å². The standard InChI is InChI=1S/C21H20N2O5/c1-3-22-21(26)23-19(24)18(14-9-5-4-6-10-14)28-20(25)17-13(2)15-11-7-8-12-16(15)27-17/h4-12,18H,3H2,1-2H3,(H2,22,23,24,26)/t18-/m1/s1. The van der Waals surface area contributed by atoms with Gasteiger partial charge in [-0.3, -0.25) is 10.1 Å². The third kappa shape index (κ3) is 4.03. The molecule has 0 unspecified atom stereocenters. The van der Waals surface area contributed by atoms with E-state index in [4.69, 9.17) is 9.15 Å². The summed E-state index contributed by atoms with van der Waals surface area (Å²) >= 11 is 0. The number of urea groups is 1. The van der Waals surface area contributed by atoms with Crippen LogP contribution in [0.5, 0.6) is 0 Å². The molecule has 3 aromatic rings. The molecule has 0 radical (unpaired) electrons. The normalized spacial score (nSPS) is 11.6. The molecule has 0 aliphatic rings. The van der Waals surface area contributed by atoms with Gasteiger partial charge in [-0.05, 0) is 19.9 Å². The van der Waals surface area contributed by atoms with Crippen LogP contribution in [-0.2, 0) is 9.53 Å². The molecule has 0 saturated carbocycles. The molecule has 7 heteroatoms. The number of para-hydroxylation sites is 1. The van der Waals surface area contributed by atoms with Crippen molar-refractivity contribution in [2.45, 2.75) is 20.0 Å². The van der Waals surface area contributed by atoms with Crippen molar-refractivity contribution in [3.05, 3.63) is 71.5 Å². The lowest BCUT2D eigenvalue weighted by atomic mass is 10.1. The van der Waals surface area contributed by atoms with Crippen LogP contribution in [0.4, 0.5) is 4.79 Å². The van der Waals surface area contributed by atoms with Crippen LogP contribution in [0.1, 0.15) is 34.7 Å². The van der Waals surface area contributed by atoms with E-state index in [1.165, 1.54) is 0 Å². The molecule has 3 rings (SSSR count). The van der Waals surface area contributed by atoms with Gasteiger partial charge >= 0.3 is 12.0 Å². The van der Waals surface area contributed by atoms with Crippen molar-refractivity contribution in [2.75, 3.05) is 6.54 Å². The zero-order valence-corrected chi connectivity index (χ0v) is 15.5. The number of hydrogen-bond acceptors (Lipinski definition) is 5. The number of imide groups is 1. The summed E-state index contributed by atoms with van der Waals surface area (Å²) in [5, 5.41) is 5.43. The maximum atomic E-state index is 12.7. The van der Waals surface area contributed by atoms with Crippen LogP contribution >= 0.6 is 0 Å². The van der Waals surface area contributed by atoms with E-state index >= 15 is 0 Å². The summed E-state index contributed by atoms with van der Waals surface area (Å²) in [4.78, 5) is 37.0. The van der Waals surface area contributed by atoms with Crippen LogP contribution in [0.3, 0.4) is 0 Å². The smallest absolute Gasteiger partial charge is 0.375 e. The molecular weight excluding hydrogens is 360 g/mol. The minimum Gasteiger partial charge on any atom is -0.449 e. The van der Waals surface area contributed by atoms with E-state index in [1.54, 1.807) is 56.3 Å². The summed E-state index contributed by atoms with van der Waals surface area (Å²) in [6.07, 6.45) is -1.30. The number of benzene rings is 2. The maximum absolute atomic E-state index is 12.7. The monoisotopic (exact) mass is 380 g/mol. The molecule has 0 fully saturated rings. The average molecular weight is 380 g/mol. The second-order valence-corrected chi connectivity index (χ2v) is 6.10. The highest BCUT2D eigenvalue weighted by atomic mass is 16.6. The fourth-order valence-electron chi connectivity index (χ4n) is 2.81. The highest BCUT2D eigenvalue weighted by Gasteiger charge is 2.29. The number of carbonyl (C=O) groups excluding carboxylic acids is 3. The fourth-order valence-corrected chi connectivity index (χ4v) is 2.81. The molecule has 2 N–H and O–H groups in total. The molecule has 1 aromatic heterocycles. The Morgan fingerprint density at radius 2 is 1.71 bits per heavy atom. The molecule has 0 aliphatic heterocycles. The van der Waals surface area contributed by atoms with Crippen LogP contribution in [0, 0.1) is 6.92 Å². The van der Waals surface area contributed by atoms with Gasteiger partial charge in [-0.2, -0.15) is 0 Å². The van der Waals surface area contributed by atoms with Crippen molar-refractivity contribution in [1.29, 1.82) is 0 Å². The Kier molecular flexibility index (Phi) is 5.74. The quantitative estimate of drug-likeness (QED) is 0.661. The first-order valence-electron chi connectivity index (χ1n) is 8.84. The Morgan fingerprint density at radius 3 is 2.39 bits per heavy atom. The Balaban J connectivity index is 1.88. The Labute approximate surface area is 161 Å². The highest BCUT2D eigenvalue weighted by molar-refractivity contribution is 6.00. The largest absolute Gasteiger partial charge is 0.449 e. The lowest BCUT2D eigenvalue weighted by molar-refractivity contribution is -0.129. The van der Waals surface area contributed by atoms with Gasteiger partial charge in [-0.25, -0.2) is 9.59 Å². The van der Waals surface area contributed by atoms with Crippen LogP contribution in [0.25, 0.3) is 11.0 Å². The third-order valence-electron chi connectivity index (χ3n) is 4.17. The van der Waals surface area contributed by atoms with Crippen LogP contribution in [0.15, 0.2) is 59.0 Å². The molecule has 2 aromatic carbocycles. The summed E-state index contributed by atoms with van der Waals surface area (Å²) < 4.78 is 11.1. The molecule has 1 atom stereocenters. The van der Waals surface area contributed by atoms with Gasteiger partial charge in [-0.15, -0.1) is 0 Å². The van der Waals surface area contributed by atoms with E-state index < -0.39 is 24.0 Å². The number of rotatable bonds is 5. The number of aryl methyl sites for hydroxylation is 1. The number of ether oxygens (including phenoxy) is 1. The first kappa shape index (κ1) is 19.2. The van der Waals surface area contributed by atoms with E-state index in [9.17, 15) is 14.4 Å². The number of carbonyl (C=O) groups is 3. The second kappa shape index (κ2) is 8.39. The van der Waals surface area contributed by atoms with Gasteiger partial charge in [0, 0.05) is 23.1 Å². The number of furan rings is 1. The lowest BCUT2D eigenvalue weighted by Gasteiger charge is -2.17. The number of hydrogen-bond donors (Lipinski definition) is 2. The van der Waals surface area contributed by atoms with E-state index in [2.05, 4.69) is 10.6 Å². The van der Waals surface area contributed by atoms with Crippen molar-refractivity contribution in [3.8, 4) is 0 Å². The molecule has 1 heterocycles. The summed E-state index contributed by atoms with van der Waals surface area (Å²) in [6, 6.07) is 15.0. The predicted molar refractivity (Wildman–Crippen MR) is 103 cm³/mol. The van der Waals surface area contributed by atoms with Crippen molar-refractivity contribution >= 4 is 28.9 Å². The van der Waals surface area contributed by atoms with Crippen molar-refractivity contribution < 1.29 is 23.5 Å². The number of esters is 1. The Bertz CT molecular complexity index is 1010. The minimum absolute atomic E-state index is 0.0212. The van der Waals surface area contributed by atoms with Gasteiger partial charge < -0.3 is 14.5 Å². The zero-order chi connectivity index (χ0) is 20.1. The lowest BCUT2D eigenvalue weighted by Crippen LogP contribution is -2.42. The van der Waals surface area contributed by atoms with Gasteiger partial charge in [0.05, 0.1) is 0 Å². The molecular formula is C21H20N2O5. The number of amides is 3. The number of nitrogens with one attached hydrogen (secondary N) is 2.